The lowest BCUT2D eigenvalue weighted by Gasteiger charge is -2.20. The van der Waals surface area contributed by atoms with Crippen LogP contribution in [0.15, 0.2) is 23.6 Å². The fourth-order valence-electron chi connectivity index (χ4n) is 2.32. The van der Waals surface area contributed by atoms with E-state index in [9.17, 15) is 4.79 Å². The number of ether oxygens (including phenoxy) is 2. The molecule has 2 aromatic rings. The molecule has 5 nitrogen and oxygen atoms in total. The van der Waals surface area contributed by atoms with Gasteiger partial charge in [-0.15, -0.1) is 11.3 Å². The molecule has 0 spiro atoms. The van der Waals surface area contributed by atoms with E-state index < -0.39 is 0 Å². The van der Waals surface area contributed by atoms with Crippen LogP contribution in [0.2, 0.25) is 5.02 Å². The Bertz CT molecular complexity index is 773. The van der Waals surface area contributed by atoms with Crippen molar-refractivity contribution in [2.24, 2.45) is 0 Å². The predicted octanol–water partition coefficient (Wildman–Crippen LogP) is 3.25. The summed E-state index contributed by atoms with van der Waals surface area (Å²) in [5.41, 5.74) is 1.79. The molecule has 7 heteroatoms. The number of nitrogens with zero attached hydrogens (tertiary/aromatic N) is 1. The normalized spacial score (nSPS) is 13.2. The molecular weight excluding hydrogens is 348 g/mol. The van der Waals surface area contributed by atoms with Crippen LogP contribution in [0.1, 0.15) is 16.3 Å². The van der Waals surface area contributed by atoms with Gasteiger partial charge in [0, 0.05) is 18.0 Å². The number of fused-ring (bicyclic) bond motifs is 1. The molecule has 0 fully saturated rings. The number of amides is 1. The van der Waals surface area contributed by atoms with Crippen LogP contribution in [0.3, 0.4) is 0 Å². The zero-order valence-electron chi connectivity index (χ0n) is 13.2. The van der Waals surface area contributed by atoms with Crippen LogP contribution in [-0.4, -0.2) is 30.6 Å². The number of benzene rings is 1. The minimum Gasteiger partial charge on any atom is -0.486 e. The summed E-state index contributed by atoms with van der Waals surface area (Å²) in [6.07, 6.45) is 3.86. The molecule has 1 aliphatic heterocycles. The molecule has 1 N–H and O–H groups in total. The molecule has 0 bridgehead atoms. The number of nitrogens with one attached hydrogen (secondary N) is 1. The van der Waals surface area contributed by atoms with E-state index in [0.29, 0.717) is 42.7 Å². The Morgan fingerprint density at radius 2 is 2.25 bits per heavy atom. The zero-order chi connectivity index (χ0) is 16.9. The van der Waals surface area contributed by atoms with E-state index in [2.05, 4.69) is 10.3 Å². The first kappa shape index (κ1) is 16.8. The first-order valence-corrected chi connectivity index (χ1v) is 8.83. The van der Waals surface area contributed by atoms with Crippen LogP contribution in [0.25, 0.3) is 6.08 Å². The second-order valence-electron chi connectivity index (χ2n) is 5.27. The van der Waals surface area contributed by atoms with Gasteiger partial charge in [-0.1, -0.05) is 11.6 Å². The maximum Gasteiger partial charge on any atom is 0.244 e. The van der Waals surface area contributed by atoms with Gasteiger partial charge < -0.3 is 14.8 Å². The largest absolute Gasteiger partial charge is 0.486 e. The van der Waals surface area contributed by atoms with E-state index in [1.807, 2.05) is 24.4 Å². The molecule has 24 heavy (non-hydrogen) atoms. The van der Waals surface area contributed by atoms with Gasteiger partial charge in [0.25, 0.3) is 0 Å². The summed E-state index contributed by atoms with van der Waals surface area (Å²) < 4.78 is 11.0. The van der Waals surface area contributed by atoms with Crippen LogP contribution in [-0.2, 0) is 11.2 Å². The maximum absolute atomic E-state index is 11.8. The van der Waals surface area contributed by atoms with Crippen molar-refractivity contribution in [2.45, 2.75) is 13.3 Å². The molecule has 0 unspecified atom stereocenters. The number of aryl methyl sites for hydroxylation is 1. The summed E-state index contributed by atoms with van der Waals surface area (Å²) in [5.74, 6) is 1.11. The minimum absolute atomic E-state index is 0.149. The number of carbonyl (C=O) groups excluding carboxylic acids is 1. The molecule has 2 heterocycles. The summed E-state index contributed by atoms with van der Waals surface area (Å²) in [6.45, 7) is 3.47. The van der Waals surface area contributed by atoms with Gasteiger partial charge in [-0.25, -0.2) is 4.98 Å². The fourth-order valence-corrected chi connectivity index (χ4v) is 3.18. The molecule has 0 atom stereocenters. The Hall–Kier alpha value is -2.05. The third-order valence-electron chi connectivity index (χ3n) is 3.41. The van der Waals surface area contributed by atoms with Gasteiger partial charge in [-0.05, 0) is 37.1 Å². The molecule has 0 radical (unpaired) electrons. The summed E-state index contributed by atoms with van der Waals surface area (Å²) >= 11 is 7.75. The summed E-state index contributed by atoms with van der Waals surface area (Å²) in [7, 11) is 0. The fraction of sp³-hybridized carbons (Fsp3) is 0.294. The molecule has 0 aliphatic carbocycles. The van der Waals surface area contributed by atoms with Gasteiger partial charge in [-0.3, -0.25) is 4.79 Å². The number of carbonyl (C=O) groups is 1. The van der Waals surface area contributed by atoms with Crippen molar-refractivity contribution in [2.75, 3.05) is 19.8 Å². The quantitative estimate of drug-likeness (QED) is 0.827. The highest BCUT2D eigenvalue weighted by Crippen LogP contribution is 2.38. The molecule has 1 aromatic heterocycles. The topological polar surface area (TPSA) is 60.5 Å². The highest BCUT2D eigenvalue weighted by Gasteiger charge is 2.16. The average Bonchev–Trinajstić information content (AvgIpc) is 2.98. The zero-order valence-corrected chi connectivity index (χ0v) is 14.7. The molecular formula is C17H17ClN2O3S. The number of hydrogen-bond donors (Lipinski definition) is 1. The van der Waals surface area contributed by atoms with Gasteiger partial charge in [-0.2, -0.15) is 0 Å². The lowest BCUT2D eigenvalue weighted by molar-refractivity contribution is -0.116. The van der Waals surface area contributed by atoms with E-state index in [1.165, 1.54) is 6.08 Å². The Balaban J connectivity index is 1.52. The monoisotopic (exact) mass is 364 g/mol. The average molecular weight is 365 g/mol. The summed E-state index contributed by atoms with van der Waals surface area (Å²) in [5, 5.41) is 6.27. The lowest BCUT2D eigenvalue weighted by atomic mass is 10.1. The van der Waals surface area contributed by atoms with Gasteiger partial charge in [0.05, 0.1) is 15.7 Å². The van der Waals surface area contributed by atoms with E-state index in [-0.39, 0.29) is 5.91 Å². The molecule has 0 saturated heterocycles. The second-order valence-corrected chi connectivity index (χ2v) is 6.74. The molecule has 1 amide bonds. The number of rotatable bonds is 5. The summed E-state index contributed by atoms with van der Waals surface area (Å²) in [6, 6.07) is 3.75. The number of halogens is 1. The van der Waals surface area contributed by atoms with Crippen molar-refractivity contribution in [3.63, 3.8) is 0 Å². The molecule has 1 aliphatic rings. The van der Waals surface area contributed by atoms with E-state index in [4.69, 9.17) is 21.1 Å². The van der Waals surface area contributed by atoms with Crippen LogP contribution < -0.4 is 14.8 Å². The van der Waals surface area contributed by atoms with Gasteiger partial charge in [0.15, 0.2) is 11.5 Å². The summed E-state index contributed by atoms with van der Waals surface area (Å²) in [4.78, 5) is 16.1. The SMILES string of the molecule is Cc1nc(/C=C/C(=O)NCCc2cc(Cl)c3c(c2)OCCO3)cs1. The number of hydrogen-bond acceptors (Lipinski definition) is 5. The van der Waals surface area contributed by atoms with Crippen molar-refractivity contribution < 1.29 is 14.3 Å². The third kappa shape index (κ3) is 4.27. The Morgan fingerprint density at radius 1 is 1.42 bits per heavy atom. The molecule has 3 rings (SSSR count). The maximum atomic E-state index is 11.8. The van der Waals surface area contributed by atoms with Crippen LogP contribution in [0.4, 0.5) is 0 Å². The van der Waals surface area contributed by atoms with Crippen LogP contribution in [0, 0.1) is 6.92 Å². The second kappa shape index (κ2) is 7.68. The first-order valence-electron chi connectivity index (χ1n) is 7.58. The Morgan fingerprint density at radius 3 is 3.04 bits per heavy atom. The van der Waals surface area contributed by atoms with Crippen LogP contribution in [0.5, 0.6) is 11.5 Å². The highest BCUT2D eigenvalue weighted by atomic mass is 35.5. The highest BCUT2D eigenvalue weighted by molar-refractivity contribution is 7.09. The van der Waals surface area contributed by atoms with Gasteiger partial charge >= 0.3 is 0 Å². The standard InChI is InChI=1S/C17H17ClN2O3S/c1-11-20-13(10-24-11)2-3-16(21)19-5-4-12-8-14(18)17-15(9-12)22-6-7-23-17/h2-3,8-10H,4-7H2,1H3,(H,19,21)/b3-2+. The third-order valence-corrected chi connectivity index (χ3v) is 4.48. The number of aromatic nitrogens is 1. The van der Waals surface area contributed by atoms with Gasteiger partial charge in [0.2, 0.25) is 5.91 Å². The van der Waals surface area contributed by atoms with E-state index in [1.54, 1.807) is 17.4 Å². The van der Waals surface area contributed by atoms with Crippen molar-refractivity contribution in [1.82, 2.24) is 10.3 Å². The van der Waals surface area contributed by atoms with Gasteiger partial charge in [0.1, 0.15) is 13.2 Å². The minimum atomic E-state index is -0.149. The Kier molecular flexibility index (Phi) is 5.37. The predicted molar refractivity (Wildman–Crippen MR) is 95.0 cm³/mol. The van der Waals surface area contributed by atoms with Crippen molar-refractivity contribution in [3.8, 4) is 11.5 Å². The first-order chi connectivity index (χ1) is 11.6. The Labute approximate surface area is 149 Å². The smallest absolute Gasteiger partial charge is 0.244 e. The van der Waals surface area contributed by atoms with Crippen LogP contribution >= 0.6 is 22.9 Å². The van der Waals surface area contributed by atoms with E-state index in [0.717, 1.165) is 16.3 Å². The van der Waals surface area contributed by atoms with Crippen molar-refractivity contribution in [3.05, 3.63) is 44.9 Å². The number of thiazole rings is 1. The lowest BCUT2D eigenvalue weighted by Crippen LogP contribution is -2.23. The van der Waals surface area contributed by atoms with Crippen molar-refractivity contribution >= 4 is 34.9 Å². The van der Waals surface area contributed by atoms with E-state index >= 15 is 0 Å². The van der Waals surface area contributed by atoms with Crippen molar-refractivity contribution in [1.29, 1.82) is 0 Å². The molecule has 126 valence electrons. The molecule has 0 saturated carbocycles. The molecule has 1 aromatic carbocycles.